The van der Waals surface area contributed by atoms with E-state index in [-0.39, 0.29) is 55.4 Å². The standard InChI is InChI=1S/H3O4P.H3P.Sr/c1-5(2,3)4;;/h(H3,1,2,3,4);1H3;/q;;+2/p-2. The Balaban J connectivity index is -0.0000000800. The molecule has 1 unspecified atom stereocenters. The maximum Gasteiger partial charge on any atom is 2.00 e. The van der Waals surface area contributed by atoms with Crippen LogP contribution in [0, 0.1) is 0 Å². The molecule has 0 aliphatic rings. The molecule has 0 saturated heterocycles. The zero-order chi connectivity index (χ0) is 4.50. The van der Waals surface area contributed by atoms with Gasteiger partial charge in [0.05, 0.1) is 7.82 Å². The van der Waals surface area contributed by atoms with E-state index in [1.165, 1.54) is 0 Å². The molecule has 0 aliphatic carbocycles. The van der Waals surface area contributed by atoms with Crippen LogP contribution < -0.4 is 9.79 Å². The van der Waals surface area contributed by atoms with Gasteiger partial charge in [-0.05, 0) is 0 Å². The van der Waals surface area contributed by atoms with Gasteiger partial charge in [-0.1, -0.05) is 0 Å². The molecule has 0 bridgehead atoms. The van der Waals surface area contributed by atoms with Crippen molar-refractivity contribution in [3.63, 3.8) is 0 Å². The molecule has 4 nitrogen and oxygen atoms in total. The summed E-state index contributed by atoms with van der Waals surface area (Å²) in [4.78, 5) is 24.3. The smallest absolute Gasteiger partial charge is 0.790 e. The van der Waals surface area contributed by atoms with Gasteiger partial charge >= 0.3 is 45.5 Å². The topological polar surface area (TPSA) is 83.4 Å². The monoisotopic (exact) mass is 218 g/mol. The fourth-order valence-electron chi connectivity index (χ4n) is 0. The fraction of sp³-hybridized carbons (Fsp3) is 0. The van der Waals surface area contributed by atoms with Gasteiger partial charge in [-0.25, -0.2) is 0 Å². The van der Waals surface area contributed by atoms with E-state index in [0.717, 1.165) is 0 Å². The molecule has 0 aromatic rings. The molecule has 0 saturated carbocycles. The summed E-state index contributed by atoms with van der Waals surface area (Å²) in [6, 6.07) is 0. The molecule has 40 valence electrons. The van der Waals surface area contributed by atoms with Crippen LogP contribution in [0.25, 0.3) is 0 Å². The van der Waals surface area contributed by atoms with Gasteiger partial charge in [-0.3, -0.25) is 0 Å². The summed E-state index contributed by atoms with van der Waals surface area (Å²) >= 11 is 0. The summed E-state index contributed by atoms with van der Waals surface area (Å²) in [7, 11) is -5.14. The Bertz CT molecular complexity index is 55.8. The summed E-state index contributed by atoms with van der Waals surface area (Å²) in [5.74, 6) is 0. The van der Waals surface area contributed by atoms with E-state index in [1.807, 2.05) is 0 Å². The van der Waals surface area contributed by atoms with Crippen LogP contribution in [0.2, 0.25) is 0 Å². The summed E-state index contributed by atoms with van der Waals surface area (Å²) in [5, 5.41) is 0. The summed E-state index contributed by atoms with van der Waals surface area (Å²) in [5.41, 5.74) is 0. The average molecular weight is 218 g/mol. The first-order valence-corrected chi connectivity index (χ1v) is 2.24. The first kappa shape index (κ1) is 16.0. The van der Waals surface area contributed by atoms with Crippen molar-refractivity contribution in [1.82, 2.24) is 0 Å². The number of hydrogen-bond donors (Lipinski definition) is 1. The molecule has 0 aromatic heterocycles. The molecule has 0 spiro atoms. The maximum absolute atomic E-state index is 8.66. The molecule has 1 N–H and O–H groups in total. The summed E-state index contributed by atoms with van der Waals surface area (Å²) in [6.07, 6.45) is 0. The van der Waals surface area contributed by atoms with Crippen molar-refractivity contribution in [2.75, 3.05) is 0 Å². The molecule has 0 aliphatic heterocycles. The third-order valence-electron chi connectivity index (χ3n) is 0. The van der Waals surface area contributed by atoms with Crippen LogP contribution in [-0.2, 0) is 4.57 Å². The normalized spacial score (nSPS) is 8.43. The molecule has 1 atom stereocenters. The van der Waals surface area contributed by atoms with Crippen LogP contribution >= 0.6 is 17.7 Å². The molecular formula is H4O4P2Sr. The third kappa shape index (κ3) is 71.2. The minimum Gasteiger partial charge on any atom is -0.790 e. The van der Waals surface area contributed by atoms with Crippen molar-refractivity contribution in [3.05, 3.63) is 0 Å². The molecule has 0 heterocycles. The van der Waals surface area contributed by atoms with Gasteiger partial charge < -0.3 is 19.2 Å². The van der Waals surface area contributed by atoms with E-state index < -0.39 is 7.82 Å². The Kier molecular flexibility index (Phi) is 14.1. The van der Waals surface area contributed by atoms with Gasteiger partial charge in [0.15, 0.2) is 0 Å². The van der Waals surface area contributed by atoms with E-state index in [1.54, 1.807) is 0 Å². The SMILES string of the molecule is O=P([O-])([O-])O.P.[Sr+2]. The second kappa shape index (κ2) is 6.15. The first-order chi connectivity index (χ1) is 2.00. The van der Waals surface area contributed by atoms with Crippen molar-refractivity contribution < 1.29 is 19.2 Å². The number of hydrogen-bond acceptors (Lipinski definition) is 3. The van der Waals surface area contributed by atoms with Gasteiger partial charge in [0.2, 0.25) is 0 Å². The molecule has 7 heavy (non-hydrogen) atoms. The Morgan fingerprint density at radius 2 is 1.43 bits per heavy atom. The Morgan fingerprint density at radius 3 is 1.43 bits per heavy atom. The quantitative estimate of drug-likeness (QED) is 0.359. The van der Waals surface area contributed by atoms with Crippen LogP contribution in [-0.4, -0.2) is 50.4 Å². The summed E-state index contributed by atoms with van der Waals surface area (Å²) in [6.45, 7) is 0. The predicted octanol–water partition coefficient (Wildman–Crippen LogP) is -2.52. The maximum atomic E-state index is 8.66. The molecule has 0 rings (SSSR count). The average Bonchev–Trinajstić information content (AvgIpc) is 0.722. The molecule has 0 amide bonds. The van der Waals surface area contributed by atoms with Gasteiger partial charge in [-0.2, -0.15) is 9.90 Å². The van der Waals surface area contributed by atoms with Crippen molar-refractivity contribution in [1.29, 1.82) is 0 Å². The third-order valence-corrected chi connectivity index (χ3v) is 0. The van der Waals surface area contributed by atoms with E-state index in [9.17, 15) is 0 Å². The molecule has 0 fully saturated rings. The molecular weight excluding hydrogens is 214 g/mol. The van der Waals surface area contributed by atoms with Crippen molar-refractivity contribution in [3.8, 4) is 0 Å². The van der Waals surface area contributed by atoms with E-state index >= 15 is 0 Å². The van der Waals surface area contributed by atoms with E-state index in [0.29, 0.717) is 0 Å². The van der Waals surface area contributed by atoms with Crippen LogP contribution in [0.1, 0.15) is 0 Å². The van der Waals surface area contributed by atoms with Gasteiger partial charge in [0.1, 0.15) is 0 Å². The Labute approximate surface area is 81.4 Å². The van der Waals surface area contributed by atoms with E-state index in [2.05, 4.69) is 0 Å². The second-order valence-corrected chi connectivity index (χ2v) is 1.41. The Morgan fingerprint density at radius 1 is 1.43 bits per heavy atom. The molecule has 0 radical (unpaired) electrons. The van der Waals surface area contributed by atoms with Crippen molar-refractivity contribution in [2.24, 2.45) is 0 Å². The van der Waals surface area contributed by atoms with E-state index in [4.69, 9.17) is 19.2 Å². The van der Waals surface area contributed by atoms with Crippen molar-refractivity contribution in [2.45, 2.75) is 0 Å². The zero-order valence-corrected chi connectivity index (χ0v) is 9.32. The van der Waals surface area contributed by atoms with Crippen LogP contribution in [0.5, 0.6) is 0 Å². The zero-order valence-electron chi connectivity index (χ0n) is 3.53. The van der Waals surface area contributed by atoms with Crippen LogP contribution in [0.3, 0.4) is 0 Å². The minimum atomic E-state index is -5.14. The van der Waals surface area contributed by atoms with Crippen molar-refractivity contribution >= 4 is 63.2 Å². The van der Waals surface area contributed by atoms with Crippen LogP contribution in [0.4, 0.5) is 0 Å². The summed E-state index contributed by atoms with van der Waals surface area (Å²) < 4.78 is 8.66. The Hall–Kier alpha value is 2.02. The number of rotatable bonds is 0. The largest absolute Gasteiger partial charge is 2.00 e. The molecule has 0 aromatic carbocycles. The van der Waals surface area contributed by atoms with Gasteiger partial charge in [0, 0.05) is 0 Å². The minimum absolute atomic E-state index is 0. The predicted molar refractivity (Wildman–Crippen MR) is 26.7 cm³/mol. The second-order valence-electron chi connectivity index (χ2n) is 0.469. The fourth-order valence-corrected chi connectivity index (χ4v) is 0. The van der Waals surface area contributed by atoms with Gasteiger partial charge in [-0.15, -0.1) is 0 Å². The van der Waals surface area contributed by atoms with Crippen LogP contribution in [0.15, 0.2) is 0 Å². The van der Waals surface area contributed by atoms with Gasteiger partial charge in [0.25, 0.3) is 0 Å². The number of phosphoric acid groups is 1. The molecule has 7 heteroatoms. The first-order valence-electron chi connectivity index (χ1n) is 0.748.